The minimum Gasteiger partial charge on any atom is -0.303 e. The first kappa shape index (κ1) is 9.01. The van der Waals surface area contributed by atoms with Gasteiger partial charge in [-0.1, -0.05) is 42.0 Å². The fourth-order valence-electron chi connectivity index (χ4n) is 0.861. The first-order valence-corrected chi connectivity index (χ1v) is 4.07. The van der Waals surface area contributed by atoms with Gasteiger partial charge in [0, 0.05) is 11.4 Å². The van der Waals surface area contributed by atoms with Crippen LogP contribution in [0, 0.1) is 0 Å². The van der Waals surface area contributed by atoms with Gasteiger partial charge in [-0.25, -0.2) is 0 Å². The molecule has 1 rings (SSSR count). The zero-order valence-electron chi connectivity index (χ0n) is 6.53. The molecule has 1 aromatic rings. The molecule has 0 fully saturated rings. The lowest BCUT2D eigenvalue weighted by Gasteiger charge is -1.94. The Bertz CT molecular complexity index is 292. The minimum absolute atomic E-state index is 0.436. The topological polar surface area (TPSA) is 17.1 Å². The summed E-state index contributed by atoms with van der Waals surface area (Å²) in [5.74, 6) is 0. The highest BCUT2D eigenvalue weighted by Gasteiger charge is 1.91. The van der Waals surface area contributed by atoms with Crippen LogP contribution in [-0.4, -0.2) is 6.29 Å². The molecule has 0 aliphatic heterocycles. The normalized spacial score (nSPS) is 10.4. The average molecular weight is 181 g/mol. The summed E-state index contributed by atoms with van der Waals surface area (Å²) in [6.45, 7) is 0. The maximum atomic E-state index is 10.00. The standard InChI is InChI=1S/C10H9ClO/c11-10-7-2-1-5-9(10)6-3-4-8-12/h1-3,5-8H,4H2/b6-3-. The number of aldehydes is 1. The van der Waals surface area contributed by atoms with Gasteiger partial charge < -0.3 is 4.79 Å². The largest absolute Gasteiger partial charge is 0.303 e. The second-order valence-corrected chi connectivity index (χ2v) is 2.73. The number of hydrogen-bond donors (Lipinski definition) is 0. The van der Waals surface area contributed by atoms with Crippen LogP contribution in [0.2, 0.25) is 5.02 Å². The fourth-order valence-corrected chi connectivity index (χ4v) is 1.06. The van der Waals surface area contributed by atoms with E-state index in [2.05, 4.69) is 0 Å². The Morgan fingerprint density at radius 2 is 2.08 bits per heavy atom. The van der Waals surface area contributed by atoms with E-state index in [-0.39, 0.29) is 0 Å². The molecule has 2 heteroatoms. The molecule has 0 atom stereocenters. The van der Waals surface area contributed by atoms with Gasteiger partial charge in [-0.2, -0.15) is 0 Å². The molecule has 1 nitrogen and oxygen atoms in total. The summed E-state index contributed by atoms with van der Waals surface area (Å²) in [4.78, 5) is 10.00. The molecule has 0 heterocycles. The third-order valence-corrected chi connectivity index (χ3v) is 1.78. The van der Waals surface area contributed by atoms with E-state index in [0.29, 0.717) is 11.4 Å². The lowest BCUT2D eigenvalue weighted by Crippen LogP contribution is -1.73. The molecule has 0 radical (unpaired) electrons. The first-order valence-electron chi connectivity index (χ1n) is 3.69. The van der Waals surface area contributed by atoms with Gasteiger partial charge in [-0.3, -0.25) is 0 Å². The summed E-state index contributed by atoms with van der Waals surface area (Å²) in [6, 6.07) is 7.51. The van der Waals surface area contributed by atoms with E-state index in [4.69, 9.17) is 11.6 Å². The Hall–Kier alpha value is -1.08. The van der Waals surface area contributed by atoms with Crippen molar-refractivity contribution in [1.82, 2.24) is 0 Å². The van der Waals surface area contributed by atoms with Crippen molar-refractivity contribution in [2.24, 2.45) is 0 Å². The molecule has 0 amide bonds. The second-order valence-electron chi connectivity index (χ2n) is 2.33. The number of allylic oxidation sites excluding steroid dienone is 1. The average Bonchev–Trinajstić information content (AvgIpc) is 2.09. The highest BCUT2D eigenvalue weighted by atomic mass is 35.5. The molecule has 0 unspecified atom stereocenters. The Morgan fingerprint density at radius 3 is 2.75 bits per heavy atom. The number of carbonyl (C=O) groups is 1. The van der Waals surface area contributed by atoms with Crippen LogP contribution in [0.25, 0.3) is 6.08 Å². The number of benzene rings is 1. The van der Waals surface area contributed by atoms with Crippen molar-refractivity contribution in [2.75, 3.05) is 0 Å². The van der Waals surface area contributed by atoms with E-state index >= 15 is 0 Å². The zero-order chi connectivity index (χ0) is 8.81. The van der Waals surface area contributed by atoms with E-state index in [9.17, 15) is 4.79 Å². The number of carbonyl (C=O) groups excluding carboxylic acids is 1. The number of rotatable bonds is 3. The van der Waals surface area contributed by atoms with E-state index in [1.807, 2.05) is 30.3 Å². The van der Waals surface area contributed by atoms with Gasteiger partial charge >= 0.3 is 0 Å². The lowest BCUT2D eigenvalue weighted by atomic mass is 10.2. The quantitative estimate of drug-likeness (QED) is 0.654. The molecule has 12 heavy (non-hydrogen) atoms. The zero-order valence-corrected chi connectivity index (χ0v) is 7.29. The molecule has 0 bridgehead atoms. The molecule has 62 valence electrons. The van der Waals surface area contributed by atoms with Crippen LogP contribution in [0.3, 0.4) is 0 Å². The predicted molar refractivity (Wildman–Crippen MR) is 51.2 cm³/mol. The van der Waals surface area contributed by atoms with E-state index in [1.54, 1.807) is 6.08 Å². The molecular formula is C10H9ClO. The second kappa shape index (κ2) is 4.73. The van der Waals surface area contributed by atoms with Crippen molar-refractivity contribution in [3.63, 3.8) is 0 Å². The van der Waals surface area contributed by atoms with Crippen LogP contribution in [-0.2, 0) is 4.79 Å². The van der Waals surface area contributed by atoms with Crippen molar-refractivity contribution in [1.29, 1.82) is 0 Å². The molecule has 0 aromatic heterocycles. The number of halogens is 1. The Kier molecular flexibility index (Phi) is 3.55. The Balaban J connectivity index is 2.74. The minimum atomic E-state index is 0.436. The molecular weight excluding hydrogens is 172 g/mol. The fraction of sp³-hybridized carbons (Fsp3) is 0.100. The summed E-state index contributed by atoms with van der Waals surface area (Å²) in [6.07, 6.45) is 4.92. The maximum Gasteiger partial charge on any atom is 0.123 e. The van der Waals surface area contributed by atoms with Gasteiger partial charge in [0.25, 0.3) is 0 Å². The summed E-state index contributed by atoms with van der Waals surface area (Å²) in [5.41, 5.74) is 0.945. The maximum absolute atomic E-state index is 10.00. The van der Waals surface area contributed by atoms with Crippen LogP contribution in [0.4, 0.5) is 0 Å². The van der Waals surface area contributed by atoms with Gasteiger partial charge in [0.1, 0.15) is 6.29 Å². The highest BCUT2D eigenvalue weighted by molar-refractivity contribution is 6.32. The van der Waals surface area contributed by atoms with Crippen LogP contribution in [0.15, 0.2) is 30.3 Å². The van der Waals surface area contributed by atoms with Crippen LogP contribution in [0.5, 0.6) is 0 Å². The molecule has 0 aliphatic rings. The van der Waals surface area contributed by atoms with Crippen LogP contribution < -0.4 is 0 Å². The van der Waals surface area contributed by atoms with Crippen molar-refractivity contribution in [2.45, 2.75) is 6.42 Å². The monoisotopic (exact) mass is 180 g/mol. The first-order chi connectivity index (χ1) is 5.84. The Morgan fingerprint density at radius 1 is 1.33 bits per heavy atom. The SMILES string of the molecule is O=CC/C=C\c1ccccc1Cl. The third-order valence-electron chi connectivity index (χ3n) is 1.43. The van der Waals surface area contributed by atoms with E-state index < -0.39 is 0 Å². The van der Waals surface area contributed by atoms with Crippen molar-refractivity contribution >= 4 is 24.0 Å². The van der Waals surface area contributed by atoms with Crippen molar-refractivity contribution < 1.29 is 4.79 Å². The summed E-state index contributed by atoms with van der Waals surface area (Å²) in [5, 5.41) is 0.708. The van der Waals surface area contributed by atoms with E-state index in [1.165, 1.54) is 0 Å². The summed E-state index contributed by atoms with van der Waals surface area (Å²) in [7, 11) is 0. The predicted octanol–water partition coefficient (Wildman–Crippen LogP) is 2.94. The van der Waals surface area contributed by atoms with Crippen molar-refractivity contribution in [3.8, 4) is 0 Å². The van der Waals surface area contributed by atoms with Gasteiger partial charge in [0.2, 0.25) is 0 Å². The highest BCUT2D eigenvalue weighted by Crippen LogP contribution is 2.16. The van der Waals surface area contributed by atoms with Gasteiger partial charge in [0.05, 0.1) is 0 Å². The number of hydrogen-bond acceptors (Lipinski definition) is 1. The van der Waals surface area contributed by atoms with Gasteiger partial charge in [-0.15, -0.1) is 0 Å². The van der Waals surface area contributed by atoms with Crippen LogP contribution >= 0.6 is 11.6 Å². The smallest absolute Gasteiger partial charge is 0.123 e. The van der Waals surface area contributed by atoms with Gasteiger partial charge in [0.15, 0.2) is 0 Å². The summed E-state index contributed by atoms with van der Waals surface area (Å²) < 4.78 is 0. The third kappa shape index (κ3) is 2.51. The lowest BCUT2D eigenvalue weighted by molar-refractivity contribution is -0.107. The van der Waals surface area contributed by atoms with Crippen molar-refractivity contribution in [3.05, 3.63) is 40.9 Å². The molecule has 0 saturated heterocycles. The van der Waals surface area contributed by atoms with Gasteiger partial charge in [-0.05, 0) is 11.6 Å². The molecule has 1 aromatic carbocycles. The van der Waals surface area contributed by atoms with Crippen LogP contribution in [0.1, 0.15) is 12.0 Å². The van der Waals surface area contributed by atoms with E-state index in [0.717, 1.165) is 11.8 Å². The summed E-state index contributed by atoms with van der Waals surface area (Å²) >= 11 is 5.86. The molecule has 0 aliphatic carbocycles. The molecule has 0 N–H and O–H groups in total. The Labute approximate surface area is 76.7 Å². The molecule has 0 spiro atoms. The molecule has 0 saturated carbocycles.